The first-order valence-corrected chi connectivity index (χ1v) is 10.8. The standard InChI is InChI=1S/C22H25FN2O3S/c1-2-3-11-28-17-7-4-15(5-8-17)22(27)24-14-21(26)25-19-10-12-29-20-9-6-16(23)13-18(19)20/h4-9,13,19H,2-3,10-12,14H2,1H3,(H,24,27)(H,25,26). The number of hydrogen-bond donors (Lipinski definition) is 2. The Morgan fingerprint density at radius 2 is 2.00 bits per heavy atom. The molecular weight excluding hydrogens is 391 g/mol. The van der Waals surface area contributed by atoms with E-state index >= 15 is 0 Å². The first-order chi connectivity index (χ1) is 14.1. The predicted octanol–water partition coefficient (Wildman–Crippen LogP) is 4.09. The van der Waals surface area contributed by atoms with Gasteiger partial charge >= 0.3 is 0 Å². The minimum Gasteiger partial charge on any atom is -0.494 e. The van der Waals surface area contributed by atoms with Crippen molar-refractivity contribution >= 4 is 23.6 Å². The Bertz CT molecular complexity index is 858. The Labute approximate surface area is 174 Å². The molecule has 0 saturated carbocycles. The topological polar surface area (TPSA) is 67.4 Å². The van der Waals surface area contributed by atoms with Crippen LogP contribution in [0, 0.1) is 5.82 Å². The summed E-state index contributed by atoms with van der Waals surface area (Å²) in [5, 5.41) is 5.52. The van der Waals surface area contributed by atoms with Crippen molar-refractivity contribution < 1.29 is 18.7 Å². The second kappa shape index (κ2) is 10.3. The number of carbonyl (C=O) groups excluding carboxylic acids is 2. The zero-order chi connectivity index (χ0) is 20.6. The van der Waals surface area contributed by atoms with E-state index in [0.29, 0.717) is 17.9 Å². The molecule has 5 nitrogen and oxygen atoms in total. The Morgan fingerprint density at radius 3 is 2.76 bits per heavy atom. The second-order valence-electron chi connectivity index (χ2n) is 6.85. The Hall–Kier alpha value is -2.54. The zero-order valence-corrected chi connectivity index (χ0v) is 17.2. The van der Waals surface area contributed by atoms with Gasteiger partial charge in [-0.05, 0) is 60.9 Å². The minimum absolute atomic E-state index is 0.137. The molecule has 1 heterocycles. The zero-order valence-electron chi connectivity index (χ0n) is 16.4. The number of rotatable bonds is 8. The van der Waals surface area contributed by atoms with Crippen LogP contribution in [0.5, 0.6) is 5.75 Å². The molecule has 2 aromatic rings. The highest BCUT2D eigenvalue weighted by Gasteiger charge is 2.23. The lowest BCUT2D eigenvalue weighted by Crippen LogP contribution is -2.39. The fourth-order valence-electron chi connectivity index (χ4n) is 3.06. The van der Waals surface area contributed by atoms with Crippen LogP contribution in [0.3, 0.4) is 0 Å². The average Bonchev–Trinajstić information content (AvgIpc) is 2.73. The molecular formula is C22H25FN2O3S. The first-order valence-electron chi connectivity index (χ1n) is 9.79. The second-order valence-corrected chi connectivity index (χ2v) is 7.99. The summed E-state index contributed by atoms with van der Waals surface area (Å²) in [7, 11) is 0. The highest BCUT2D eigenvalue weighted by molar-refractivity contribution is 7.99. The summed E-state index contributed by atoms with van der Waals surface area (Å²) in [5.74, 6) is 0.619. The summed E-state index contributed by atoms with van der Waals surface area (Å²) in [5.41, 5.74) is 1.25. The van der Waals surface area contributed by atoms with E-state index in [9.17, 15) is 14.0 Å². The van der Waals surface area contributed by atoms with Crippen molar-refractivity contribution in [1.82, 2.24) is 10.6 Å². The molecule has 0 aliphatic carbocycles. The Balaban J connectivity index is 1.50. The monoisotopic (exact) mass is 416 g/mol. The van der Waals surface area contributed by atoms with E-state index in [1.54, 1.807) is 42.1 Å². The molecule has 0 aromatic heterocycles. The molecule has 29 heavy (non-hydrogen) atoms. The lowest BCUT2D eigenvalue weighted by atomic mass is 10.0. The minimum atomic E-state index is -0.328. The van der Waals surface area contributed by atoms with E-state index < -0.39 is 0 Å². The Morgan fingerprint density at radius 1 is 1.21 bits per heavy atom. The summed E-state index contributed by atoms with van der Waals surface area (Å²) in [6.07, 6.45) is 2.76. The number of hydrogen-bond acceptors (Lipinski definition) is 4. The van der Waals surface area contributed by atoms with E-state index in [4.69, 9.17) is 4.74 Å². The van der Waals surface area contributed by atoms with Gasteiger partial charge in [0.25, 0.3) is 5.91 Å². The molecule has 2 aromatic carbocycles. The van der Waals surface area contributed by atoms with Crippen LogP contribution < -0.4 is 15.4 Å². The van der Waals surface area contributed by atoms with E-state index in [-0.39, 0.29) is 30.2 Å². The molecule has 0 spiro atoms. The summed E-state index contributed by atoms with van der Waals surface area (Å²) in [4.78, 5) is 25.5. The van der Waals surface area contributed by atoms with E-state index in [0.717, 1.165) is 35.5 Å². The smallest absolute Gasteiger partial charge is 0.251 e. The highest BCUT2D eigenvalue weighted by Crippen LogP contribution is 2.36. The van der Waals surface area contributed by atoms with Gasteiger partial charge in [-0.25, -0.2) is 4.39 Å². The lowest BCUT2D eigenvalue weighted by molar-refractivity contribution is -0.120. The van der Waals surface area contributed by atoms with Crippen LogP contribution >= 0.6 is 11.8 Å². The lowest BCUT2D eigenvalue weighted by Gasteiger charge is -2.26. The summed E-state index contributed by atoms with van der Waals surface area (Å²) >= 11 is 1.65. The summed E-state index contributed by atoms with van der Waals surface area (Å²) < 4.78 is 19.2. The highest BCUT2D eigenvalue weighted by atomic mass is 32.2. The van der Waals surface area contributed by atoms with Crippen LogP contribution in [0.2, 0.25) is 0 Å². The third-order valence-electron chi connectivity index (χ3n) is 4.64. The third-order valence-corrected chi connectivity index (χ3v) is 5.76. The number of ether oxygens (including phenoxy) is 1. The van der Waals surface area contributed by atoms with Gasteiger partial charge in [0.15, 0.2) is 0 Å². The summed E-state index contributed by atoms with van der Waals surface area (Å²) in [6, 6.07) is 11.2. The quantitative estimate of drug-likeness (QED) is 0.636. The molecule has 1 atom stereocenters. The number of benzene rings is 2. The fourth-order valence-corrected chi connectivity index (χ4v) is 4.17. The SMILES string of the molecule is CCCCOc1ccc(C(=O)NCC(=O)NC2CCSc3ccc(F)cc32)cc1. The normalized spacial score (nSPS) is 15.3. The Kier molecular flexibility index (Phi) is 7.52. The van der Waals surface area contributed by atoms with Gasteiger partial charge in [0.1, 0.15) is 11.6 Å². The number of nitrogens with one attached hydrogen (secondary N) is 2. The number of carbonyl (C=O) groups is 2. The fraction of sp³-hybridized carbons (Fsp3) is 0.364. The number of unbranched alkanes of at least 4 members (excludes halogenated alkanes) is 1. The van der Waals surface area contributed by atoms with Crippen LogP contribution in [0.15, 0.2) is 47.4 Å². The van der Waals surface area contributed by atoms with Gasteiger partial charge in [-0.1, -0.05) is 13.3 Å². The molecule has 1 unspecified atom stereocenters. The molecule has 3 rings (SSSR count). The maximum absolute atomic E-state index is 13.6. The van der Waals surface area contributed by atoms with Crippen LogP contribution in [0.1, 0.15) is 48.1 Å². The molecule has 0 bridgehead atoms. The first kappa shape index (κ1) is 21.2. The largest absolute Gasteiger partial charge is 0.494 e. The van der Waals surface area contributed by atoms with Crippen molar-refractivity contribution in [3.8, 4) is 5.75 Å². The van der Waals surface area contributed by atoms with Crippen molar-refractivity contribution in [3.05, 3.63) is 59.4 Å². The number of thioether (sulfide) groups is 1. The van der Waals surface area contributed by atoms with Crippen molar-refractivity contribution in [3.63, 3.8) is 0 Å². The molecule has 1 aliphatic heterocycles. The maximum Gasteiger partial charge on any atom is 0.251 e. The van der Waals surface area contributed by atoms with E-state index in [2.05, 4.69) is 17.6 Å². The van der Waals surface area contributed by atoms with Crippen molar-refractivity contribution in [2.75, 3.05) is 18.9 Å². The predicted molar refractivity (Wildman–Crippen MR) is 112 cm³/mol. The molecule has 154 valence electrons. The van der Waals surface area contributed by atoms with Gasteiger partial charge in [-0.3, -0.25) is 9.59 Å². The van der Waals surface area contributed by atoms with E-state index in [1.165, 1.54) is 12.1 Å². The third kappa shape index (κ3) is 5.97. The number of halogens is 1. The van der Waals surface area contributed by atoms with E-state index in [1.807, 2.05) is 0 Å². The molecule has 7 heteroatoms. The number of fused-ring (bicyclic) bond motifs is 1. The van der Waals surface area contributed by atoms with Gasteiger partial charge in [-0.2, -0.15) is 0 Å². The average molecular weight is 417 g/mol. The van der Waals surface area contributed by atoms with Crippen molar-refractivity contribution in [1.29, 1.82) is 0 Å². The van der Waals surface area contributed by atoms with Gasteiger partial charge in [-0.15, -0.1) is 11.8 Å². The van der Waals surface area contributed by atoms with Crippen LogP contribution in [0.4, 0.5) is 4.39 Å². The molecule has 0 fully saturated rings. The van der Waals surface area contributed by atoms with Gasteiger partial charge in [0.2, 0.25) is 5.91 Å². The van der Waals surface area contributed by atoms with Gasteiger partial charge < -0.3 is 15.4 Å². The van der Waals surface area contributed by atoms with Crippen LogP contribution in [0.25, 0.3) is 0 Å². The molecule has 0 saturated heterocycles. The van der Waals surface area contributed by atoms with Crippen molar-refractivity contribution in [2.24, 2.45) is 0 Å². The van der Waals surface area contributed by atoms with Gasteiger partial charge in [0.05, 0.1) is 19.2 Å². The molecule has 2 amide bonds. The maximum atomic E-state index is 13.6. The molecule has 0 radical (unpaired) electrons. The summed E-state index contributed by atoms with van der Waals surface area (Å²) in [6.45, 7) is 2.61. The van der Waals surface area contributed by atoms with Crippen LogP contribution in [-0.2, 0) is 4.79 Å². The van der Waals surface area contributed by atoms with Crippen molar-refractivity contribution in [2.45, 2.75) is 37.1 Å². The molecule has 2 N–H and O–H groups in total. The molecule has 1 aliphatic rings. The number of amides is 2. The van der Waals surface area contributed by atoms with Gasteiger partial charge in [0, 0.05) is 16.2 Å². The van der Waals surface area contributed by atoms with Crippen LogP contribution in [-0.4, -0.2) is 30.7 Å².